The zero-order valence-corrected chi connectivity index (χ0v) is 10.4. The van der Waals surface area contributed by atoms with E-state index in [1.165, 1.54) is 4.68 Å². The Morgan fingerprint density at radius 2 is 2.11 bits per heavy atom. The van der Waals surface area contributed by atoms with Crippen molar-refractivity contribution in [3.8, 4) is 0 Å². The maximum absolute atomic E-state index is 13.1. The Balaban J connectivity index is 1.94. The maximum atomic E-state index is 13.1. The number of tetrazole rings is 1. The molecule has 1 N–H and O–H groups in total. The van der Waals surface area contributed by atoms with Crippen LogP contribution in [0.15, 0.2) is 0 Å². The summed E-state index contributed by atoms with van der Waals surface area (Å²) in [5.41, 5.74) is 0. The van der Waals surface area contributed by atoms with Crippen LogP contribution in [0.3, 0.4) is 0 Å². The van der Waals surface area contributed by atoms with Crippen LogP contribution >= 0.6 is 0 Å². The van der Waals surface area contributed by atoms with Crippen molar-refractivity contribution in [2.75, 3.05) is 0 Å². The highest BCUT2D eigenvalue weighted by molar-refractivity contribution is 5.66. The largest absolute Gasteiger partial charge is 0.481 e. The SMILES string of the molecule is O=C(O)CCCn1nnnc1C1CCC(F)(F)CC1. The molecule has 8 heteroatoms. The van der Waals surface area contributed by atoms with Gasteiger partial charge in [-0.05, 0) is 29.7 Å². The second-order valence-electron chi connectivity index (χ2n) is 4.89. The fourth-order valence-corrected chi connectivity index (χ4v) is 2.34. The molecular formula is C11H16F2N4O2. The van der Waals surface area contributed by atoms with Gasteiger partial charge in [-0.1, -0.05) is 0 Å². The van der Waals surface area contributed by atoms with Crippen molar-refractivity contribution in [3.05, 3.63) is 5.82 Å². The molecule has 1 heterocycles. The number of alkyl halides is 2. The quantitative estimate of drug-likeness (QED) is 0.885. The predicted octanol–water partition coefficient (Wildman–Crippen LogP) is 1.83. The van der Waals surface area contributed by atoms with Gasteiger partial charge in [-0.2, -0.15) is 0 Å². The van der Waals surface area contributed by atoms with E-state index in [0.717, 1.165) is 0 Å². The number of hydrogen-bond acceptors (Lipinski definition) is 4. The van der Waals surface area contributed by atoms with Gasteiger partial charge < -0.3 is 5.11 Å². The standard InChI is InChI=1S/C11H16F2N4O2/c12-11(13)5-3-8(4-6-11)10-14-15-16-17(10)7-1-2-9(18)19/h8H,1-7H2,(H,18,19). The van der Waals surface area contributed by atoms with E-state index in [-0.39, 0.29) is 25.2 Å². The lowest BCUT2D eigenvalue weighted by Crippen LogP contribution is -2.25. The van der Waals surface area contributed by atoms with Gasteiger partial charge in [-0.25, -0.2) is 13.5 Å². The molecule has 2 rings (SSSR count). The van der Waals surface area contributed by atoms with E-state index in [2.05, 4.69) is 15.5 Å². The number of nitrogens with zero attached hydrogens (tertiary/aromatic N) is 4. The maximum Gasteiger partial charge on any atom is 0.303 e. The predicted molar refractivity (Wildman–Crippen MR) is 60.8 cm³/mol. The summed E-state index contributed by atoms with van der Waals surface area (Å²) in [5.74, 6) is -2.90. The van der Waals surface area contributed by atoms with Gasteiger partial charge >= 0.3 is 5.97 Å². The summed E-state index contributed by atoms with van der Waals surface area (Å²) in [6, 6.07) is 0. The molecular weight excluding hydrogens is 258 g/mol. The number of carboxylic acid groups (broad SMARTS) is 1. The summed E-state index contributed by atoms with van der Waals surface area (Å²) >= 11 is 0. The first-order valence-corrected chi connectivity index (χ1v) is 6.33. The molecule has 1 saturated carbocycles. The molecule has 1 aromatic heterocycles. The zero-order chi connectivity index (χ0) is 13.9. The minimum absolute atomic E-state index is 0.0437. The highest BCUT2D eigenvalue weighted by Gasteiger charge is 2.37. The van der Waals surface area contributed by atoms with E-state index < -0.39 is 11.9 Å². The van der Waals surface area contributed by atoms with Crippen molar-refractivity contribution in [2.45, 2.75) is 56.9 Å². The molecule has 1 fully saturated rings. The average Bonchev–Trinajstić information content (AvgIpc) is 2.77. The van der Waals surface area contributed by atoms with E-state index >= 15 is 0 Å². The molecule has 1 aliphatic rings. The molecule has 0 aromatic carbocycles. The average molecular weight is 274 g/mol. The number of aromatic nitrogens is 4. The number of aliphatic carboxylic acids is 1. The third kappa shape index (κ3) is 3.68. The Kier molecular flexibility index (Phi) is 4.06. The first kappa shape index (κ1) is 13.8. The number of hydrogen-bond donors (Lipinski definition) is 1. The van der Waals surface area contributed by atoms with E-state index in [1.807, 2.05) is 0 Å². The first-order valence-electron chi connectivity index (χ1n) is 6.33. The highest BCUT2D eigenvalue weighted by Crippen LogP contribution is 2.40. The summed E-state index contributed by atoms with van der Waals surface area (Å²) in [6.45, 7) is 0.404. The van der Waals surface area contributed by atoms with Gasteiger partial charge in [-0.15, -0.1) is 5.10 Å². The first-order chi connectivity index (χ1) is 8.98. The monoisotopic (exact) mass is 274 g/mol. The Morgan fingerprint density at radius 3 is 2.74 bits per heavy atom. The van der Waals surface area contributed by atoms with Crippen LogP contribution in [-0.2, 0) is 11.3 Å². The van der Waals surface area contributed by atoms with Crippen LogP contribution in [0.25, 0.3) is 0 Å². The van der Waals surface area contributed by atoms with Crippen LogP contribution in [0.4, 0.5) is 8.78 Å². The van der Waals surface area contributed by atoms with E-state index in [9.17, 15) is 13.6 Å². The fourth-order valence-electron chi connectivity index (χ4n) is 2.34. The number of carboxylic acids is 1. The normalized spacial score (nSPS) is 19.5. The molecule has 0 bridgehead atoms. The third-order valence-corrected chi connectivity index (χ3v) is 3.40. The number of carbonyl (C=O) groups is 1. The van der Waals surface area contributed by atoms with Crippen molar-refractivity contribution in [3.63, 3.8) is 0 Å². The molecule has 0 atom stereocenters. The highest BCUT2D eigenvalue weighted by atomic mass is 19.3. The second kappa shape index (κ2) is 5.58. The summed E-state index contributed by atoms with van der Waals surface area (Å²) in [5, 5.41) is 19.8. The minimum Gasteiger partial charge on any atom is -0.481 e. The topological polar surface area (TPSA) is 80.9 Å². The van der Waals surface area contributed by atoms with E-state index in [1.54, 1.807) is 0 Å². The number of halogens is 2. The molecule has 0 radical (unpaired) electrons. The van der Waals surface area contributed by atoms with Crippen molar-refractivity contribution < 1.29 is 18.7 Å². The number of rotatable bonds is 5. The Labute approximate surface area is 108 Å². The van der Waals surface area contributed by atoms with E-state index in [0.29, 0.717) is 31.6 Å². The van der Waals surface area contributed by atoms with Crippen molar-refractivity contribution in [1.29, 1.82) is 0 Å². The van der Waals surface area contributed by atoms with Gasteiger partial charge in [0.1, 0.15) is 0 Å². The molecule has 0 aliphatic heterocycles. The molecule has 19 heavy (non-hydrogen) atoms. The van der Waals surface area contributed by atoms with Gasteiger partial charge in [0.2, 0.25) is 5.92 Å². The molecule has 106 valence electrons. The molecule has 0 saturated heterocycles. The van der Waals surface area contributed by atoms with Crippen LogP contribution in [-0.4, -0.2) is 37.2 Å². The van der Waals surface area contributed by atoms with Gasteiger partial charge in [0.05, 0.1) is 0 Å². The van der Waals surface area contributed by atoms with Crippen molar-refractivity contribution in [2.24, 2.45) is 0 Å². The molecule has 1 aromatic rings. The molecule has 0 unspecified atom stereocenters. The van der Waals surface area contributed by atoms with Gasteiger partial charge in [-0.3, -0.25) is 4.79 Å². The van der Waals surface area contributed by atoms with Crippen LogP contribution in [0.1, 0.15) is 50.3 Å². The van der Waals surface area contributed by atoms with Crippen LogP contribution in [0, 0.1) is 0 Å². The Bertz CT molecular complexity index is 440. The van der Waals surface area contributed by atoms with Gasteiger partial charge in [0, 0.05) is 31.7 Å². The summed E-state index contributed by atoms with van der Waals surface area (Å²) in [6.07, 6.45) is 0.927. The summed E-state index contributed by atoms with van der Waals surface area (Å²) in [4.78, 5) is 10.4. The van der Waals surface area contributed by atoms with Crippen molar-refractivity contribution >= 4 is 5.97 Å². The summed E-state index contributed by atoms with van der Waals surface area (Å²) < 4.78 is 27.7. The zero-order valence-electron chi connectivity index (χ0n) is 10.4. The number of aryl methyl sites for hydroxylation is 1. The lowest BCUT2D eigenvalue weighted by molar-refractivity contribution is -0.137. The molecule has 6 nitrogen and oxygen atoms in total. The molecule has 0 spiro atoms. The minimum atomic E-state index is -2.57. The molecule has 0 amide bonds. The Hall–Kier alpha value is -1.60. The lowest BCUT2D eigenvalue weighted by Gasteiger charge is -2.27. The lowest BCUT2D eigenvalue weighted by atomic mass is 9.86. The van der Waals surface area contributed by atoms with Crippen molar-refractivity contribution in [1.82, 2.24) is 20.2 Å². The van der Waals surface area contributed by atoms with Crippen LogP contribution in [0.2, 0.25) is 0 Å². The van der Waals surface area contributed by atoms with E-state index in [4.69, 9.17) is 5.11 Å². The smallest absolute Gasteiger partial charge is 0.303 e. The van der Waals surface area contributed by atoms with Crippen LogP contribution < -0.4 is 0 Å². The van der Waals surface area contributed by atoms with Gasteiger partial charge in [0.15, 0.2) is 5.82 Å². The third-order valence-electron chi connectivity index (χ3n) is 3.40. The van der Waals surface area contributed by atoms with Gasteiger partial charge in [0.25, 0.3) is 0 Å². The summed E-state index contributed by atoms with van der Waals surface area (Å²) in [7, 11) is 0. The molecule has 1 aliphatic carbocycles. The second-order valence-corrected chi connectivity index (χ2v) is 4.89. The fraction of sp³-hybridized carbons (Fsp3) is 0.818. The Morgan fingerprint density at radius 1 is 1.42 bits per heavy atom. The van der Waals surface area contributed by atoms with Crippen LogP contribution in [0.5, 0.6) is 0 Å².